The number of carbonyl (C=O) groups excluding carboxylic acids is 2. The summed E-state index contributed by atoms with van der Waals surface area (Å²) < 4.78 is 38.4. The number of piperazine rings is 1. The summed E-state index contributed by atoms with van der Waals surface area (Å²) in [6.45, 7) is 2.30. The van der Waals surface area contributed by atoms with Crippen LogP contribution in [0.2, 0.25) is 0 Å². The highest BCUT2D eigenvalue weighted by Crippen LogP contribution is 2.36. The molecule has 0 bridgehead atoms. The molecular weight excluding hydrogens is 369 g/mol. The van der Waals surface area contributed by atoms with Crippen molar-refractivity contribution in [2.24, 2.45) is 0 Å². The second-order valence-corrected chi connectivity index (χ2v) is 6.05. The molecule has 0 aliphatic carbocycles. The van der Waals surface area contributed by atoms with E-state index >= 15 is 0 Å². The molecular formula is C16H19F3N4O4. The van der Waals surface area contributed by atoms with Crippen molar-refractivity contribution < 1.29 is 27.7 Å². The Labute approximate surface area is 153 Å². The van der Waals surface area contributed by atoms with Gasteiger partial charge in [-0.25, -0.2) is 0 Å². The summed E-state index contributed by atoms with van der Waals surface area (Å²) in [5.74, 6) is -0.735. The maximum absolute atomic E-state index is 12.8. The number of nitro groups is 1. The number of rotatable bonds is 6. The van der Waals surface area contributed by atoms with E-state index in [0.717, 1.165) is 18.6 Å². The third kappa shape index (κ3) is 5.08. The number of nitrogens with one attached hydrogen (secondary N) is 1. The average molecular weight is 388 g/mol. The van der Waals surface area contributed by atoms with E-state index in [-0.39, 0.29) is 37.8 Å². The largest absolute Gasteiger partial charge is 0.416 e. The normalized spacial score (nSPS) is 15.0. The first-order valence-corrected chi connectivity index (χ1v) is 8.28. The molecule has 2 amide bonds. The number of nitrogens with zero attached hydrogens (tertiary/aromatic N) is 3. The number of carbonyl (C=O) groups is 2. The fourth-order valence-corrected chi connectivity index (χ4v) is 2.69. The Morgan fingerprint density at radius 2 is 2.04 bits per heavy atom. The maximum atomic E-state index is 12.8. The first kappa shape index (κ1) is 20.5. The fraction of sp³-hybridized carbons (Fsp3) is 0.500. The molecule has 148 valence electrons. The van der Waals surface area contributed by atoms with E-state index in [1.54, 1.807) is 0 Å². The van der Waals surface area contributed by atoms with Gasteiger partial charge < -0.3 is 15.1 Å². The lowest BCUT2D eigenvalue weighted by Crippen LogP contribution is -2.53. The topological polar surface area (TPSA) is 95.8 Å². The number of halogens is 3. The van der Waals surface area contributed by atoms with E-state index in [1.807, 2.05) is 6.92 Å². The highest BCUT2D eigenvalue weighted by atomic mass is 19.4. The predicted octanol–water partition coefficient (Wildman–Crippen LogP) is 1.79. The highest BCUT2D eigenvalue weighted by molar-refractivity contribution is 5.88. The number of hydrogen-bond donors (Lipinski definition) is 1. The second-order valence-electron chi connectivity index (χ2n) is 6.05. The maximum Gasteiger partial charge on any atom is 0.416 e. The summed E-state index contributed by atoms with van der Waals surface area (Å²) in [5, 5.41) is 13.8. The molecule has 1 aliphatic rings. The van der Waals surface area contributed by atoms with Crippen molar-refractivity contribution in [2.45, 2.75) is 19.5 Å². The van der Waals surface area contributed by atoms with E-state index in [1.165, 1.54) is 9.80 Å². The molecule has 1 heterocycles. The summed E-state index contributed by atoms with van der Waals surface area (Å²) in [6.07, 6.45) is -3.95. The van der Waals surface area contributed by atoms with E-state index in [2.05, 4.69) is 5.32 Å². The van der Waals surface area contributed by atoms with Gasteiger partial charge in [-0.05, 0) is 18.6 Å². The van der Waals surface area contributed by atoms with Gasteiger partial charge in [-0.1, -0.05) is 6.92 Å². The molecule has 0 aromatic heterocycles. The number of amides is 2. The molecule has 8 nitrogen and oxygen atoms in total. The van der Waals surface area contributed by atoms with Gasteiger partial charge in [0.15, 0.2) is 0 Å². The lowest BCUT2D eigenvalue weighted by atomic mass is 10.1. The van der Waals surface area contributed by atoms with E-state index in [4.69, 9.17) is 0 Å². The molecule has 1 aromatic carbocycles. The number of nitro benzene ring substituents is 1. The quantitative estimate of drug-likeness (QED) is 0.592. The minimum Gasteiger partial charge on any atom is -0.355 e. The Kier molecular flexibility index (Phi) is 6.24. The lowest BCUT2D eigenvalue weighted by Gasteiger charge is -2.35. The molecule has 11 heteroatoms. The molecule has 0 saturated carbocycles. The number of alkyl halides is 3. The Morgan fingerprint density at radius 3 is 2.59 bits per heavy atom. The molecule has 1 fully saturated rings. The zero-order chi connectivity index (χ0) is 20.2. The van der Waals surface area contributed by atoms with Gasteiger partial charge in [-0.2, -0.15) is 13.2 Å². The van der Waals surface area contributed by atoms with Crippen LogP contribution in [-0.4, -0.2) is 54.4 Å². The summed E-state index contributed by atoms with van der Waals surface area (Å²) >= 11 is 0. The molecule has 0 atom stereocenters. The van der Waals surface area contributed by atoms with Crippen LogP contribution in [0.3, 0.4) is 0 Å². The summed E-state index contributed by atoms with van der Waals surface area (Å²) in [7, 11) is 0. The summed E-state index contributed by atoms with van der Waals surface area (Å²) in [4.78, 5) is 36.9. The van der Waals surface area contributed by atoms with Gasteiger partial charge in [0.25, 0.3) is 5.69 Å². The monoisotopic (exact) mass is 388 g/mol. The summed E-state index contributed by atoms with van der Waals surface area (Å²) in [6, 6.07) is 2.21. The molecule has 27 heavy (non-hydrogen) atoms. The molecule has 1 saturated heterocycles. The van der Waals surface area contributed by atoms with Gasteiger partial charge in [0, 0.05) is 25.7 Å². The van der Waals surface area contributed by atoms with Gasteiger partial charge in [0.1, 0.15) is 5.69 Å². The standard InChI is InChI=1S/C16H19F3N4O4/c1-2-5-20-14(24)9-22-7-6-21(10-15(22)25)12-4-3-11(16(17,18)19)8-13(12)23(26)27/h3-4,8H,2,5-7,9-10H2,1H3,(H,20,24). The van der Waals surface area contributed by atoms with Crippen molar-refractivity contribution in [3.05, 3.63) is 33.9 Å². The summed E-state index contributed by atoms with van der Waals surface area (Å²) in [5.41, 5.74) is -1.90. The van der Waals surface area contributed by atoms with Gasteiger partial charge in [-0.15, -0.1) is 0 Å². The Hall–Kier alpha value is -2.85. The zero-order valence-electron chi connectivity index (χ0n) is 14.6. The van der Waals surface area contributed by atoms with Gasteiger partial charge in [0.2, 0.25) is 11.8 Å². The van der Waals surface area contributed by atoms with Crippen molar-refractivity contribution in [1.29, 1.82) is 0 Å². The van der Waals surface area contributed by atoms with Gasteiger partial charge >= 0.3 is 6.18 Å². The van der Waals surface area contributed by atoms with E-state index < -0.39 is 28.3 Å². The van der Waals surface area contributed by atoms with E-state index in [0.29, 0.717) is 12.6 Å². The highest BCUT2D eigenvalue weighted by Gasteiger charge is 2.35. The molecule has 1 aliphatic heterocycles. The van der Waals surface area contributed by atoms with Crippen molar-refractivity contribution in [2.75, 3.05) is 37.6 Å². The zero-order valence-corrected chi connectivity index (χ0v) is 14.6. The van der Waals surface area contributed by atoms with Crippen LogP contribution in [0, 0.1) is 10.1 Å². The number of anilines is 1. The smallest absolute Gasteiger partial charge is 0.355 e. The third-order valence-electron chi connectivity index (χ3n) is 4.07. The molecule has 1 aromatic rings. The van der Waals surface area contributed by atoms with Gasteiger partial charge in [0.05, 0.1) is 23.6 Å². The molecule has 0 unspecified atom stereocenters. The van der Waals surface area contributed by atoms with Gasteiger partial charge in [-0.3, -0.25) is 19.7 Å². The molecule has 2 rings (SSSR count). The van der Waals surface area contributed by atoms with Crippen molar-refractivity contribution >= 4 is 23.2 Å². The van der Waals surface area contributed by atoms with Crippen LogP contribution in [0.15, 0.2) is 18.2 Å². The lowest BCUT2D eigenvalue weighted by molar-refractivity contribution is -0.384. The van der Waals surface area contributed by atoms with Crippen LogP contribution in [0.25, 0.3) is 0 Å². The fourth-order valence-electron chi connectivity index (χ4n) is 2.69. The number of hydrogen-bond acceptors (Lipinski definition) is 5. The minimum absolute atomic E-state index is 0.0589. The Balaban J connectivity index is 2.13. The molecule has 0 radical (unpaired) electrons. The van der Waals surface area contributed by atoms with E-state index in [9.17, 15) is 32.9 Å². The Bertz CT molecular complexity index is 739. The Morgan fingerprint density at radius 1 is 1.33 bits per heavy atom. The first-order valence-electron chi connectivity index (χ1n) is 8.28. The van der Waals surface area contributed by atoms with Crippen LogP contribution >= 0.6 is 0 Å². The van der Waals surface area contributed by atoms with Crippen molar-refractivity contribution in [3.8, 4) is 0 Å². The third-order valence-corrected chi connectivity index (χ3v) is 4.07. The minimum atomic E-state index is -4.70. The van der Waals surface area contributed by atoms with Crippen LogP contribution in [0.1, 0.15) is 18.9 Å². The molecule has 0 spiro atoms. The number of benzene rings is 1. The van der Waals surface area contributed by atoms with Crippen molar-refractivity contribution in [3.63, 3.8) is 0 Å². The first-order chi connectivity index (χ1) is 12.6. The average Bonchev–Trinajstić information content (AvgIpc) is 2.60. The molecule has 1 N–H and O–H groups in total. The van der Waals surface area contributed by atoms with Crippen LogP contribution in [-0.2, 0) is 15.8 Å². The van der Waals surface area contributed by atoms with Crippen LogP contribution < -0.4 is 10.2 Å². The van der Waals surface area contributed by atoms with Crippen LogP contribution in [0.5, 0.6) is 0 Å². The predicted molar refractivity (Wildman–Crippen MR) is 90.2 cm³/mol. The van der Waals surface area contributed by atoms with Crippen molar-refractivity contribution in [1.82, 2.24) is 10.2 Å². The second kappa shape index (κ2) is 8.23. The van der Waals surface area contributed by atoms with Crippen LogP contribution in [0.4, 0.5) is 24.5 Å². The SMILES string of the molecule is CCCNC(=O)CN1CCN(c2ccc(C(F)(F)F)cc2[N+](=O)[O-])CC1=O.